The topological polar surface area (TPSA) is 30.5 Å². The first kappa shape index (κ1) is 16.0. The molecule has 106 valence electrons. The fraction of sp³-hybridized carbons (Fsp3) is 1.00. The van der Waals surface area contributed by atoms with E-state index in [0.29, 0.717) is 0 Å². The van der Waals surface area contributed by atoms with Crippen molar-refractivity contribution in [1.29, 1.82) is 0 Å². The minimum absolute atomic E-state index is 0.0483. The molecule has 0 aromatic rings. The van der Waals surface area contributed by atoms with Crippen molar-refractivity contribution in [3.8, 4) is 0 Å². The van der Waals surface area contributed by atoms with Gasteiger partial charge in [0.05, 0.1) is 0 Å². The maximum Gasteiger partial charge on any atom is 0.456 e. The summed E-state index contributed by atoms with van der Waals surface area (Å²) in [5, 5.41) is 3.26. The second-order valence-electron chi connectivity index (χ2n) is 5.18. The monoisotopic (exact) mass is 255 g/mol. The van der Waals surface area contributed by atoms with Crippen LogP contribution >= 0.6 is 0 Å². The molecule has 0 bridgehead atoms. The Balaban J connectivity index is 1.86. The van der Waals surface area contributed by atoms with Gasteiger partial charge in [-0.25, -0.2) is 0 Å². The van der Waals surface area contributed by atoms with E-state index in [1.165, 1.54) is 51.4 Å². The lowest BCUT2D eigenvalue weighted by Gasteiger charge is -2.18. The minimum Gasteiger partial charge on any atom is -0.410 e. The Morgan fingerprint density at radius 1 is 0.833 bits per heavy atom. The molecule has 0 radical (unpaired) electrons. The van der Waals surface area contributed by atoms with Crippen molar-refractivity contribution in [1.82, 2.24) is 5.32 Å². The Labute approximate surface area is 113 Å². The highest BCUT2D eigenvalue weighted by Crippen LogP contribution is 2.12. The van der Waals surface area contributed by atoms with Crippen LogP contribution in [0.2, 0.25) is 6.32 Å². The Morgan fingerprint density at radius 3 is 2.00 bits per heavy atom. The van der Waals surface area contributed by atoms with Crippen LogP contribution < -0.4 is 5.32 Å². The van der Waals surface area contributed by atoms with Crippen molar-refractivity contribution in [3.05, 3.63) is 0 Å². The highest BCUT2D eigenvalue weighted by atomic mass is 16.6. The summed E-state index contributed by atoms with van der Waals surface area (Å²) in [5.41, 5.74) is 0. The zero-order valence-electron chi connectivity index (χ0n) is 12.1. The summed E-state index contributed by atoms with van der Waals surface area (Å²) >= 11 is 0. The summed E-state index contributed by atoms with van der Waals surface area (Å²) in [7, 11) is 0.0483. The lowest BCUT2D eigenvalue weighted by atomic mass is 9.81. The maximum atomic E-state index is 5.66. The largest absolute Gasteiger partial charge is 0.456 e. The van der Waals surface area contributed by atoms with Crippen molar-refractivity contribution in [2.45, 2.75) is 64.6 Å². The summed E-state index contributed by atoms with van der Waals surface area (Å²) in [4.78, 5) is 0. The van der Waals surface area contributed by atoms with Crippen LogP contribution in [0.4, 0.5) is 0 Å². The van der Waals surface area contributed by atoms with E-state index in [-0.39, 0.29) is 7.12 Å². The molecule has 1 saturated heterocycles. The fourth-order valence-corrected chi connectivity index (χ4v) is 2.31. The van der Waals surface area contributed by atoms with Crippen molar-refractivity contribution in [2.75, 3.05) is 26.3 Å². The first-order chi connectivity index (χ1) is 8.93. The third-order valence-corrected chi connectivity index (χ3v) is 3.46. The average molecular weight is 255 g/mol. The molecule has 1 N–H and O–H groups in total. The molecule has 3 nitrogen and oxygen atoms in total. The number of hydrogen-bond donors (Lipinski definition) is 1. The molecule has 0 saturated carbocycles. The van der Waals surface area contributed by atoms with Gasteiger partial charge in [0.25, 0.3) is 0 Å². The highest BCUT2D eigenvalue weighted by Gasteiger charge is 2.18. The van der Waals surface area contributed by atoms with Gasteiger partial charge in [0.1, 0.15) is 0 Å². The summed E-state index contributed by atoms with van der Waals surface area (Å²) in [6.45, 7) is 5.74. The Morgan fingerprint density at radius 2 is 1.39 bits per heavy atom. The molecule has 1 heterocycles. The van der Waals surface area contributed by atoms with Gasteiger partial charge in [-0.1, -0.05) is 58.3 Å². The molecule has 1 aliphatic heterocycles. The summed E-state index contributed by atoms with van der Waals surface area (Å²) in [5.74, 6) is 0. The summed E-state index contributed by atoms with van der Waals surface area (Å²) in [6, 6.07) is 0. The molecule has 0 unspecified atom stereocenters. The van der Waals surface area contributed by atoms with E-state index < -0.39 is 0 Å². The van der Waals surface area contributed by atoms with Crippen LogP contribution in [0.5, 0.6) is 0 Å². The van der Waals surface area contributed by atoms with Crippen molar-refractivity contribution in [2.24, 2.45) is 0 Å². The first-order valence-corrected chi connectivity index (χ1v) is 7.87. The standard InChI is InChI=1S/C14H30BNO2/c1-2-3-4-5-6-7-8-9-10-15-17-13-11-16-12-14-18-15/h16H,2-14H2,1H3. The van der Waals surface area contributed by atoms with Crippen molar-refractivity contribution >= 4 is 7.12 Å². The fourth-order valence-electron chi connectivity index (χ4n) is 2.31. The molecule has 0 amide bonds. The first-order valence-electron chi connectivity index (χ1n) is 7.87. The third kappa shape index (κ3) is 8.95. The van der Waals surface area contributed by atoms with Crippen LogP contribution in [-0.2, 0) is 9.31 Å². The van der Waals surface area contributed by atoms with Gasteiger partial charge < -0.3 is 14.6 Å². The van der Waals surface area contributed by atoms with Crippen LogP contribution in [0, 0.1) is 0 Å². The summed E-state index contributed by atoms with van der Waals surface area (Å²) < 4.78 is 11.3. The molecule has 1 rings (SSSR count). The molecular weight excluding hydrogens is 225 g/mol. The SMILES string of the molecule is CCCCCCCCCCB1OCCNCCO1. The number of unbranched alkanes of at least 4 members (excludes halogenated alkanes) is 7. The second kappa shape index (κ2) is 12.0. The van der Waals surface area contributed by atoms with E-state index in [0.717, 1.165) is 32.6 Å². The Bertz CT molecular complexity index is 173. The smallest absolute Gasteiger partial charge is 0.410 e. The van der Waals surface area contributed by atoms with E-state index in [2.05, 4.69) is 12.2 Å². The Kier molecular flexibility index (Phi) is 10.7. The molecule has 0 aliphatic carbocycles. The lowest BCUT2D eigenvalue weighted by Crippen LogP contribution is -2.35. The minimum atomic E-state index is 0.0483. The van der Waals surface area contributed by atoms with Gasteiger partial charge in [-0.3, -0.25) is 0 Å². The number of rotatable bonds is 9. The molecular formula is C14H30BNO2. The van der Waals surface area contributed by atoms with Crippen LogP contribution in [0.1, 0.15) is 58.3 Å². The third-order valence-electron chi connectivity index (χ3n) is 3.46. The number of hydrogen-bond acceptors (Lipinski definition) is 3. The number of nitrogens with one attached hydrogen (secondary N) is 1. The van der Waals surface area contributed by atoms with Crippen molar-refractivity contribution in [3.63, 3.8) is 0 Å². The molecule has 0 aromatic heterocycles. The molecule has 0 atom stereocenters. The maximum absolute atomic E-state index is 5.66. The van der Waals surface area contributed by atoms with E-state index in [4.69, 9.17) is 9.31 Å². The van der Waals surface area contributed by atoms with Gasteiger partial charge in [-0.2, -0.15) is 0 Å². The second-order valence-corrected chi connectivity index (χ2v) is 5.18. The predicted octanol–water partition coefficient (Wildman–Crippen LogP) is 3.25. The highest BCUT2D eigenvalue weighted by molar-refractivity contribution is 6.44. The van der Waals surface area contributed by atoms with Gasteiger partial charge >= 0.3 is 7.12 Å². The predicted molar refractivity (Wildman–Crippen MR) is 77.9 cm³/mol. The van der Waals surface area contributed by atoms with Gasteiger partial charge in [-0.15, -0.1) is 0 Å². The molecule has 4 heteroatoms. The lowest BCUT2D eigenvalue weighted by molar-refractivity contribution is 0.176. The molecule has 1 aliphatic rings. The van der Waals surface area contributed by atoms with Crippen LogP contribution in [-0.4, -0.2) is 33.4 Å². The van der Waals surface area contributed by atoms with Crippen LogP contribution in [0.15, 0.2) is 0 Å². The average Bonchev–Trinajstić information content (AvgIpc) is 2.34. The van der Waals surface area contributed by atoms with Gasteiger partial charge in [0.2, 0.25) is 0 Å². The molecule has 0 spiro atoms. The zero-order valence-corrected chi connectivity index (χ0v) is 12.1. The van der Waals surface area contributed by atoms with Gasteiger partial charge in [0, 0.05) is 26.3 Å². The van der Waals surface area contributed by atoms with Gasteiger partial charge in [-0.05, 0) is 6.32 Å². The summed E-state index contributed by atoms with van der Waals surface area (Å²) in [6.07, 6.45) is 12.0. The molecule has 18 heavy (non-hydrogen) atoms. The van der Waals surface area contributed by atoms with Gasteiger partial charge in [0.15, 0.2) is 0 Å². The van der Waals surface area contributed by atoms with Crippen LogP contribution in [0.3, 0.4) is 0 Å². The van der Waals surface area contributed by atoms with E-state index in [9.17, 15) is 0 Å². The van der Waals surface area contributed by atoms with Crippen molar-refractivity contribution < 1.29 is 9.31 Å². The molecule has 0 aromatic carbocycles. The zero-order chi connectivity index (χ0) is 12.9. The van der Waals surface area contributed by atoms with E-state index in [1.54, 1.807) is 0 Å². The molecule has 1 fully saturated rings. The normalized spacial score (nSPS) is 17.5. The Hall–Kier alpha value is -0.0551. The quantitative estimate of drug-likeness (QED) is 0.506. The van der Waals surface area contributed by atoms with E-state index >= 15 is 0 Å². The van der Waals surface area contributed by atoms with E-state index in [1.807, 2.05) is 0 Å². The van der Waals surface area contributed by atoms with Crippen LogP contribution in [0.25, 0.3) is 0 Å².